The van der Waals surface area contributed by atoms with E-state index in [1.54, 1.807) is 7.11 Å². The van der Waals surface area contributed by atoms with Gasteiger partial charge in [0, 0.05) is 39.1 Å². The molecule has 0 aliphatic carbocycles. The second-order valence-electron chi connectivity index (χ2n) is 5.61. The maximum Gasteiger partial charge on any atom is 0.161 e. The van der Waals surface area contributed by atoms with E-state index in [4.69, 9.17) is 14.2 Å². The molecule has 0 radical (unpaired) electrons. The smallest absolute Gasteiger partial charge is 0.161 e. The van der Waals surface area contributed by atoms with Crippen LogP contribution in [-0.4, -0.2) is 57.5 Å². The van der Waals surface area contributed by atoms with Gasteiger partial charge in [0.15, 0.2) is 11.5 Å². The number of hydrogen-bond donors (Lipinski definition) is 1. The number of hydrogen-bond acceptors (Lipinski definition) is 5. The molecule has 116 valence electrons. The van der Waals surface area contributed by atoms with Crippen LogP contribution in [0.5, 0.6) is 11.5 Å². The van der Waals surface area contributed by atoms with Gasteiger partial charge in [-0.25, -0.2) is 0 Å². The average molecular weight is 292 g/mol. The maximum absolute atomic E-state index is 5.97. The monoisotopic (exact) mass is 292 g/mol. The van der Waals surface area contributed by atoms with E-state index in [9.17, 15) is 0 Å². The summed E-state index contributed by atoms with van der Waals surface area (Å²) in [5.74, 6) is 1.63. The number of nitrogens with one attached hydrogen (secondary N) is 1. The van der Waals surface area contributed by atoms with Gasteiger partial charge in [0.1, 0.15) is 6.10 Å². The lowest BCUT2D eigenvalue weighted by molar-refractivity contribution is 0.138. The molecule has 2 aliphatic rings. The fraction of sp³-hybridized carbons (Fsp3) is 0.625. The summed E-state index contributed by atoms with van der Waals surface area (Å²) in [6, 6.07) is 6.25. The minimum Gasteiger partial charge on any atom is -0.493 e. The minimum atomic E-state index is 0.151. The summed E-state index contributed by atoms with van der Waals surface area (Å²) in [6.45, 7) is 6.75. The van der Waals surface area contributed by atoms with Crippen LogP contribution in [0, 0.1) is 0 Å². The number of nitrogens with zero attached hydrogens (tertiary/aromatic N) is 1. The van der Waals surface area contributed by atoms with Crippen LogP contribution in [0.2, 0.25) is 0 Å². The second kappa shape index (κ2) is 7.11. The zero-order valence-corrected chi connectivity index (χ0v) is 12.6. The normalized spacial score (nSPS) is 23.2. The van der Waals surface area contributed by atoms with Gasteiger partial charge in [-0.05, 0) is 17.7 Å². The van der Waals surface area contributed by atoms with E-state index in [0.29, 0.717) is 6.61 Å². The lowest BCUT2D eigenvalue weighted by Gasteiger charge is -2.27. The molecule has 0 spiro atoms. The standard InChI is InChI=1S/C16H24N2O3/c1-19-16-10-13(11-18-7-5-17-6-8-18)2-3-15(16)21-14-4-9-20-12-14/h2-3,10,14,17H,4-9,11-12H2,1H3. The number of piperazine rings is 1. The molecular weight excluding hydrogens is 268 g/mol. The topological polar surface area (TPSA) is 43.0 Å². The van der Waals surface area contributed by atoms with Gasteiger partial charge in [-0.1, -0.05) is 6.07 Å². The molecule has 3 rings (SSSR count). The number of methoxy groups -OCH3 is 1. The summed E-state index contributed by atoms with van der Waals surface area (Å²) >= 11 is 0. The molecule has 1 aromatic carbocycles. The number of benzene rings is 1. The predicted octanol–water partition coefficient (Wildman–Crippen LogP) is 1.27. The van der Waals surface area contributed by atoms with Crippen LogP contribution >= 0.6 is 0 Å². The Morgan fingerprint density at radius 3 is 2.86 bits per heavy atom. The van der Waals surface area contributed by atoms with Crippen molar-refractivity contribution in [3.8, 4) is 11.5 Å². The van der Waals surface area contributed by atoms with Gasteiger partial charge >= 0.3 is 0 Å². The quantitative estimate of drug-likeness (QED) is 0.885. The molecule has 0 bridgehead atoms. The van der Waals surface area contributed by atoms with Crippen molar-refractivity contribution < 1.29 is 14.2 Å². The SMILES string of the molecule is COc1cc(CN2CCNCC2)ccc1OC1CCOC1. The Labute approximate surface area is 126 Å². The van der Waals surface area contributed by atoms with E-state index >= 15 is 0 Å². The van der Waals surface area contributed by atoms with Crippen molar-refractivity contribution in [2.24, 2.45) is 0 Å². The van der Waals surface area contributed by atoms with Crippen LogP contribution < -0.4 is 14.8 Å². The third kappa shape index (κ3) is 3.87. The maximum atomic E-state index is 5.97. The van der Waals surface area contributed by atoms with Crippen LogP contribution in [0.25, 0.3) is 0 Å². The van der Waals surface area contributed by atoms with E-state index < -0.39 is 0 Å². The molecule has 2 fully saturated rings. The molecule has 1 unspecified atom stereocenters. The summed E-state index contributed by atoms with van der Waals surface area (Å²) in [6.07, 6.45) is 1.10. The highest BCUT2D eigenvalue weighted by molar-refractivity contribution is 5.43. The van der Waals surface area contributed by atoms with Gasteiger partial charge in [0.2, 0.25) is 0 Å². The fourth-order valence-electron chi connectivity index (χ4n) is 2.82. The van der Waals surface area contributed by atoms with Crippen molar-refractivity contribution >= 4 is 0 Å². The molecule has 0 saturated carbocycles. The first kappa shape index (κ1) is 14.6. The van der Waals surface area contributed by atoms with E-state index in [1.165, 1.54) is 5.56 Å². The summed E-state index contributed by atoms with van der Waals surface area (Å²) in [7, 11) is 1.70. The molecule has 2 aliphatic heterocycles. The van der Waals surface area contributed by atoms with Crippen molar-refractivity contribution in [2.75, 3.05) is 46.5 Å². The van der Waals surface area contributed by atoms with E-state index in [-0.39, 0.29) is 6.10 Å². The average Bonchev–Trinajstić information content (AvgIpc) is 3.03. The molecule has 1 atom stereocenters. The first-order valence-electron chi connectivity index (χ1n) is 7.69. The first-order chi connectivity index (χ1) is 10.3. The molecule has 21 heavy (non-hydrogen) atoms. The van der Waals surface area contributed by atoms with Crippen LogP contribution in [0.3, 0.4) is 0 Å². The Morgan fingerprint density at radius 2 is 2.14 bits per heavy atom. The molecule has 0 amide bonds. The third-order valence-corrected chi connectivity index (χ3v) is 4.03. The van der Waals surface area contributed by atoms with Gasteiger partial charge in [-0.15, -0.1) is 0 Å². The van der Waals surface area contributed by atoms with Gasteiger partial charge in [0.25, 0.3) is 0 Å². The predicted molar refractivity (Wildman–Crippen MR) is 81.0 cm³/mol. The van der Waals surface area contributed by atoms with Crippen molar-refractivity contribution in [3.05, 3.63) is 23.8 Å². The van der Waals surface area contributed by atoms with Crippen molar-refractivity contribution in [3.63, 3.8) is 0 Å². The van der Waals surface area contributed by atoms with Crippen molar-refractivity contribution in [2.45, 2.75) is 19.1 Å². The van der Waals surface area contributed by atoms with E-state index in [0.717, 1.165) is 57.3 Å². The highest BCUT2D eigenvalue weighted by atomic mass is 16.6. The highest BCUT2D eigenvalue weighted by Crippen LogP contribution is 2.30. The Balaban J connectivity index is 1.65. The summed E-state index contributed by atoms with van der Waals surface area (Å²) in [5, 5.41) is 3.37. The Morgan fingerprint density at radius 1 is 1.29 bits per heavy atom. The van der Waals surface area contributed by atoms with Crippen LogP contribution in [-0.2, 0) is 11.3 Å². The minimum absolute atomic E-state index is 0.151. The summed E-state index contributed by atoms with van der Waals surface area (Å²) < 4.78 is 16.8. The molecule has 0 aromatic heterocycles. The van der Waals surface area contributed by atoms with E-state index in [2.05, 4.69) is 22.3 Å². The van der Waals surface area contributed by atoms with Crippen LogP contribution in [0.1, 0.15) is 12.0 Å². The summed E-state index contributed by atoms with van der Waals surface area (Å²) in [5.41, 5.74) is 1.27. The first-order valence-corrected chi connectivity index (χ1v) is 7.69. The van der Waals surface area contributed by atoms with E-state index in [1.807, 2.05) is 6.07 Å². The molecule has 1 aromatic rings. The highest BCUT2D eigenvalue weighted by Gasteiger charge is 2.19. The van der Waals surface area contributed by atoms with Crippen molar-refractivity contribution in [1.29, 1.82) is 0 Å². The Bertz CT molecular complexity index is 455. The summed E-state index contributed by atoms with van der Waals surface area (Å²) in [4.78, 5) is 2.45. The lowest BCUT2D eigenvalue weighted by atomic mass is 10.1. The molecular formula is C16H24N2O3. The zero-order chi connectivity index (χ0) is 14.5. The second-order valence-corrected chi connectivity index (χ2v) is 5.61. The molecule has 5 nitrogen and oxygen atoms in total. The largest absolute Gasteiger partial charge is 0.493 e. The zero-order valence-electron chi connectivity index (χ0n) is 12.6. The van der Waals surface area contributed by atoms with Crippen LogP contribution in [0.4, 0.5) is 0 Å². The number of ether oxygens (including phenoxy) is 3. The van der Waals surface area contributed by atoms with Crippen LogP contribution in [0.15, 0.2) is 18.2 Å². The number of rotatable bonds is 5. The molecule has 2 heterocycles. The molecule has 5 heteroatoms. The van der Waals surface area contributed by atoms with Gasteiger partial charge in [0.05, 0.1) is 20.3 Å². The Kier molecular flexibility index (Phi) is 4.95. The molecule has 2 saturated heterocycles. The Hall–Kier alpha value is -1.30. The van der Waals surface area contributed by atoms with Gasteiger partial charge < -0.3 is 19.5 Å². The van der Waals surface area contributed by atoms with Gasteiger partial charge in [-0.2, -0.15) is 0 Å². The third-order valence-electron chi connectivity index (χ3n) is 4.03. The fourth-order valence-corrected chi connectivity index (χ4v) is 2.82. The molecule has 1 N–H and O–H groups in total. The van der Waals surface area contributed by atoms with Gasteiger partial charge in [-0.3, -0.25) is 4.90 Å². The lowest BCUT2D eigenvalue weighted by Crippen LogP contribution is -2.42. The van der Waals surface area contributed by atoms with Crippen molar-refractivity contribution in [1.82, 2.24) is 10.2 Å².